The first-order valence-corrected chi connectivity index (χ1v) is 13.3. The van der Waals surface area contributed by atoms with Crippen LogP contribution in [0.25, 0.3) is 11.2 Å². The lowest BCUT2D eigenvalue weighted by Crippen LogP contribution is -2.33. The maximum atomic E-state index is 11.7. The van der Waals surface area contributed by atoms with Gasteiger partial charge >= 0.3 is 0 Å². The van der Waals surface area contributed by atoms with Crippen LogP contribution in [0.4, 0.5) is 17.6 Å². The number of ether oxygens (including phenoxy) is 1. The number of imidazole rings is 1. The van der Waals surface area contributed by atoms with Gasteiger partial charge in [0.25, 0.3) is 0 Å². The van der Waals surface area contributed by atoms with Crippen molar-refractivity contribution in [1.82, 2.24) is 19.5 Å². The third kappa shape index (κ3) is 5.34. The molecule has 192 valence electrons. The summed E-state index contributed by atoms with van der Waals surface area (Å²) in [5.41, 5.74) is 7.41. The van der Waals surface area contributed by atoms with Gasteiger partial charge in [-0.3, -0.25) is 9.36 Å². The maximum Gasteiger partial charge on any atom is 0.224 e. The summed E-state index contributed by atoms with van der Waals surface area (Å²) < 4.78 is 7.72. The van der Waals surface area contributed by atoms with Crippen LogP contribution in [-0.4, -0.2) is 44.2 Å². The van der Waals surface area contributed by atoms with Gasteiger partial charge in [0.2, 0.25) is 17.8 Å². The van der Waals surface area contributed by atoms with Crippen molar-refractivity contribution in [1.29, 1.82) is 0 Å². The summed E-state index contributed by atoms with van der Waals surface area (Å²) in [7, 11) is 0. The second-order valence-electron chi connectivity index (χ2n) is 9.53. The highest BCUT2D eigenvalue weighted by Gasteiger charge is 2.30. The van der Waals surface area contributed by atoms with Gasteiger partial charge in [0, 0.05) is 29.6 Å². The number of rotatable bonds is 6. The van der Waals surface area contributed by atoms with E-state index in [0.717, 1.165) is 25.7 Å². The molecule has 0 bridgehead atoms. The first kappa shape index (κ1) is 25.3. The number of aromatic nitrogens is 4. The summed E-state index contributed by atoms with van der Waals surface area (Å²) in [6.45, 7) is 2.78. The minimum atomic E-state index is -0.249. The summed E-state index contributed by atoms with van der Waals surface area (Å²) in [5, 5.41) is 7.96. The Morgan fingerprint density at radius 3 is 2.50 bits per heavy atom. The number of hydrogen-bond acceptors (Lipinski definition) is 7. The molecule has 0 spiro atoms. The number of hydrogen-bond donors (Lipinski definition) is 3. The third-order valence-electron chi connectivity index (χ3n) is 6.96. The molecular formula is C24H28Cl3N7O2. The number of carbonyl (C=O) groups is 1. The molecule has 2 atom stereocenters. The Kier molecular flexibility index (Phi) is 7.44. The molecule has 36 heavy (non-hydrogen) atoms. The molecule has 3 aromatic rings. The van der Waals surface area contributed by atoms with Crippen LogP contribution < -0.4 is 16.4 Å². The van der Waals surface area contributed by atoms with Gasteiger partial charge in [-0.05, 0) is 57.6 Å². The fraction of sp³-hybridized carbons (Fsp3) is 0.500. The Bertz CT molecular complexity index is 1250. The number of halogens is 3. The van der Waals surface area contributed by atoms with Gasteiger partial charge in [0.15, 0.2) is 5.65 Å². The smallest absolute Gasteiger partial charge is 0.224 e. The number of primary amides is 1. The molecule has 4 N–H and O–H groups in total. The van der Waals surface area contributed by atoms with Crippen molar-refractivity contribution < 1.29 is 9.53 Å². The molecule has 1 saturated heterocycles. The number of nitrogens with one attached hydrogen (secondary N) is 2. The van der Waals surface area contributed by atoms with Crippen LogP contribution in [0, 0.1) is 5.92 Å². The van der Waals surface area contributed by atoms with Gasteiger partial charge in [-0.15, -0.1) is 0 Å². The van der Waals surface area contributed by atoms with Gasteiger partial charge in [-0.2, -0.15) is 4.98 Å². The predicted molar refractivity (Wildman–Crippen MR) is 142 cm³/mol. The summed E-state index contributed by atoms with van der Waals surface area (Å²) in [5.74, 6) is 0.726. The Morgan fingerprint density at radius 2 is 1.83 bits per heavy atom. The molecule has 5 rings (SSSR count). The molecular weight excluding hydrogens is 525 g/mol. The fourth-order valence-electron chi connectivity index (χ4n) is 5.10. The van der Waals surface area contributed by atoms with Crippen molar-refractivity contribution in [2.45, 2.75) is 63.6 Å². The largest absolute Gasteiger partial charge is 0.378 e. The van der Waals surface area contributed by atoms with Gasteiger partial charge in [-0.25, -0.2) is 9.97 Å². The summed E-state index contributed by atoms with van der Waals surface area (Å²) in [4.78, 5) is 25.9. The van der Waals surface area contributed by atoms with Gasteiger partial charge in [0.05, 0.1) is 28.0 Å². The third-order valence-corrected chi connectivity index (χ3v) is 7.77. The van der Waals surface area contributed by atoms with E-state index in [1.54, 1.807) is 18.3 Å². The summed E-state index contributed by atoms with van der Waals surface area (Å²) in [6.07, 6.45) is 6.63. The number of nitrogens with zero attached hydrogens (tertiary/aromatic N) is 4. The Labute approximate surface area is 224 Å². The van der Waals surface area contributed by atoms with Crippen LogP contribution in [0.1, 0.15) is 51.5 Å². The predicted octanol–water partition coefficient (Wildman–Crippen LogP) is 5.73. The lowest BCUT2D eigenvalue weighted by atomic mass is 9.85. The Morgan fingerprint density at radius 1 is 1.11 bits per heavy atom. The molecule has 1 saturated carbocycles. The van der Waals surface area contributed by atoms with Crippen LogP contribution in [0.3, 0.4) is 0 Å². The zero-order valence-electron chi connectivity index (χ0n) is 19.8. The first-order valence-electron chi connectivity index (χ1n) is 12.1. The zero-order valence-corrected chi connectivity index (χ0v) is 22.1. The fourth-order valence-corrected chi connectivity index (χ4v) is 6.01. The molecule has 9 nitrogen and oxygen atoms in total. The lowest BCUT2D eigenvalue weighted by molar-refractivity contribution is -0.122. The summed E-state index contributed by atoms with van der Waals surface area (Å²) >= 11 is 19.0. The van der Waals surface area contributed by atoms with E-state index in [9.17, 15) is 4.79 Å². The molecule has 0 unspecified atom stereocenters. The van der Waals surface area contributed by atoms with Crippen LogP contribution in [0.15, 0.2) is 18.3 Å². The average Bonchev–Trinajstić information content (AvgIpc) is 3.18. The van der Waals surface area contributed by atoms with Crippen LogP contribution in [0.2, 0.25) is 15.1 Å². The quantitative estimate of drug-likeness (QED) is 0.357. The van der Waals surface area contributed by atoms with E-state index >= 15 is 0 Å². The normalized spacial score (nSPS) is 24.6. The van der Waals surface area contributed by atoms with E-state index in [1.807, 2.05) is 0 Å². The molecule has 1 aliphatic heterocycles. The lowest BCUT2D eigenvalue weighted by Gasteiger charge is -2.29. The SMILES string of the molecule is C[C@@H]1C[C@H](Nc2ncc3nc(Nc4c(Cl)cc(Cl)cc4Cl)n(C4CCC(C(N)=O)CC4)c3n2)CCO1. The van der Waals surface area contributed by atoms with E-state index < -0.39 is 0 Å². The first-order chi connectivity index (χ1) is 17.3. The monoisotopic (exact) mass is 551 g/mol. The highest BCUT2D eigenvalue weighted by atomic mass is 35.5. The molecule has 12 heteroatoms. The number of fused-ring (bicyclic) bond motifs is 1. The number of benzene rings is 1. The Hall–Kier alpha value is -2.33. The summed E-state index contributed by atoms with van der Waals surface area (Å²) in [6, 6.07) is 3.54. The van der Waals surface area contributed by atoms with Crippen molar-refractivity contribution in [3.8, 4) is 0 Å². The number of amides is 1. The molecule has 0 radical (unpaired) electrons. The number of anilines is 3. The van der Waals surface area contributed by atoms with Crippen LogP contribution >= 0.6 is 34.8 Å². The van der Waals surface area contributed by atoms with Crippen LogP contribution in [0.5, 0.6) is 0 Å². The molecule has 2 aliphatic rings. The van der Waals surface area contributed by atoms with Crippen molar-refractivity contribution >= 4 is 69.5 Å². The standard InChI is InChI=1S/C24H28Cl3N7O2/c1-12-8-15(6-7-36-12)30-23-29-11-19-22(33-23)34(16-4-2-13(3-5-16)21(28)35)24(31-19)32-20-17(26)9-14(25)10-18(20)27/h9-13,15-16H,2-8H2,1H3,(H2,28,35)(H,31,32)(H,29,30,33)/t12-,13?,15-,16?/m1/s1. The van der Waals surface area contributed by atoms with E-state index in [0.29, 0.717) is 63.3 Å². The average molecular weight is 553 g/mol. The molecule has 2 fully saturated rings. The van der Waals surface area contributed by atoms with Crippen molar-refractivity contribution in [3.63, 3.8) is 0 Å². The van der Waals surface area contributed by atoms with Gasteiger partial charge in [-0.1, -0.05) is 34.8 Å². The Balaban J connectivity index is 1.51. The van der Waals surface area contributed by atoms with E-state index in [4.69, 9.17) is 55.2 Å². The highest BCUT2D eigenvalue weighted by molar-refractivity contribution is 6.41. The molecule has 1 aromatic carbocycles. The second-order valence-corrected chi connectivity index (χ2v) is 10.8. The number of carbonyl (C=O) groups excluding carboxylic acids is 1. The topological polar surface area (TPSA) is 120 Å². The highest BCUT2D eigenvalue weighted by Crippen LogP contribution is 2.40. The molecule has 3 heterocycles. The van der Waals surface area contributed by atoms with Crippen molar-refractivity contribution in [2.24, 2.45) is 11.7 Å². The van der Waals surface area contributed by atoms with Crippen molar-refractivity contribution in [3.05, 3.63) is 33.4 Å². The zero-order chi connectivity index (χ0) is 25.4. The minimum absolute atomic E-state index is 0.0591. The molecule has 2 aromatic heterocycles. The molecule has 1 amide bonds. The second kappa shape index (κ2) is 10.6. The molecule has 1 aliphatic carbocycles. The van der Waals surface area contributed by atoms with Gasteiger partial charge < -0.3 is 21.1 Å². The van der Waals surface area contributed by atoms with Crippen LogP contribution in [-0.2, 0) is 9.53 Å². The van der Waals surface area contributed by atoms with Crippen molar-refractivity contribution in [2.75, 3.05) is 17.2 Å². The number of nitrogens with two attached hydrogens (primary N) is 1. The minimum Gasteiger partial charge on any atom is -0.378 e. The maximum absolute atomic E-state index is 11.7. The van der Waals surface area contributed by atoms with E-state index in [2.05, 4.69) is 27.1 Å². The van der Waals surface area contributed by atoms with E-state index in [1.165, 1.54) is 0 Å². The van der Waals surface area contributed by atoms with E-state index in [-0.39, 0.29) is 30.0 Å². The van der Waals surface area contributed by atoms with Gasteiger partial charge in [0.1, 0.15) is 5.52 Å².